The molecule has 1 saturated heterocycles. The maximum absolute atomic E-state index is 13.1. The van der Waals surface area contributed by atoms with Crippen molar-refractivity contribution >= 4 is 11.6 Å². The van der Waals surface area contributed by atoms with Gasteiger partial charge in [0.1, 0.15) is 5.82 Å². The highest BCUT2D eigenvalue weighted by atomic mass is 19.1. The number of halogens is 1. The Bertz CT molecular complexity index is 803. The molecule has 1 atom stereocenters. The minimum atomic E-state index is -0.830. The number of benzene rings is 2. The maximum Gasteiger partial charge on any atom is 0.256 e. The lowest BCUT2D eigenvalue weighted by Crippen LogP contribution is -2.47. The molecule has 2 heterocycles. The van der Waals surface area contributed by atoms with Gasteiger partial charge in [0.2, 0.25) is 0 Å². The van der Waals surface area contributed by atoms with Crippen LogP contribution in [-0.2, 0) is 0 Å². The summed E-state index contributed by atoms with van der Waals surface area (Å²) in [5.41, 5.74) is 2.37. The molecule has 1 N–H and O–H groups in total. The maximum atomic E-state index is 13.1. The monoisotopic (exact) mass is 369 g/mol. The van der Waals surface area contributed by atoms with Gasteiger partial charge in [-0.05, 0) is 43.3 Å². The first-order chi connectivity index (χ1) is 13.1. The summed E-state index contributed by atoms with van der Waals surface area (Å²) < 4.78 is 13.1. The molecule has 0 aromatic heterocycles. The summed E-state index contributed by atoms with van der Waals surface area (Å²) in [6, 6.07) is 13.9. The molecule has 142 valence electrons. The lowest BCUT2D eigenvalue weighted by atomic mass is 10.1. The predicted octanol–water partition coefficient (Wildman–Crippen LogP) is 2.48. The molecule has 0 saturated carbocycles. The molecule has 0 spiro atoms. The molecule has 1 amide bonds. The Balaban J connectivity index is 1.24. The number of rotatable bonds is 5. The van der Waals surface area contributed by atoms with Gasteiger partial charge >= 0.3 is 0 Å². The number of hydrogen-bond acceptors (Lipinski definition) is 4. The van der Waals surface area contributed by atoms with E-state index in [-0.39, 0.29) is 11.7 Å². The summed E-state index contributed by atoms with van der Waals surface area (Å²) in [4.78, 5) is 18.6. The molecule has 1 unspecified atom stereocenters. The molecule has 0 bridgehead atoms. The molecule has 2 aliphatic rings. The molecule has 5 nitrogen and oxygen atoms in total. The van der Waals surface area contributed by atoms with Crippen molar-refractivity contribution in [3.8, 4) is 0 Å². The van der Waals surface area contributed by atoms with Crippen molar-refractivity contribution in [2.75, 3.05) is 44.2 Å². The van der Waals surface area contributed by atoms with Gasteiger partial charge < -0.3 is 14.9 Å². The van der Waals surface area contributed by atoms with Crippen LogP contribution in [0.3, 0.4) is 0 Å². The molecule has 2 aromatic rings. The van der Waals surface area contributed by atoms with E-state index in [0.717, 1.165) is 44.8 Å². The van der Waals surface area contributed by atoms with Crippen molar-refractivity contribution < 1.29 is 14.3 Å². The summed E-state index contributed by atoms with van der Waals surface area (Å²) in [6.07, 6.45) is -0.00288. The van der Waals surface area contributed by atoms with E-state index in [0.29, 0.717) is 17.7 Å². The number of aliphatic hydroxyl groups excluding tert-OH is 1. The van der Waals surface area contributed by atoms with Gasteiger partial charge in [0.25, 0.3) is 5.91 Å². The highest BCUT2D eigenvalue weighted by Gasteiger charge is 2.34. The summed E-state index contributed by atoms with van der Waals surface area (Å²) in [7, 11) is 0. The molecule has 4 rings (SSSR count). The number of aliphatic hydroxyl groups is 1. The highest BCUT2D eigenvalue weighted by Crippen LogP contribution is 2.31. The Morgan fingerprint density at radius 2 is 1.67 bits per heavy atom. The van der Waals surface area contributed by atoms with Gasteiger partial charge in [-0.2, -0.15) is 0 Å². The zero-order valence-corrected chi connectivity index (χ0v) is 15.2. The second-order valence-electron chi connectivity index (χ2n) is 7.12. The number of amides is 1. The van der Waals surface area contributed by atoms with Crippen molar-refractivity contribution in [3.63, 3.8) is 0 Å². The Labute approximate surface area is 158 Å². The molecule has 2 aromatic carbocycles. The largest absolute Gasteiger partial charge is 0.369 e. The molecular formula is C21H24FN3O2. The van der Waals surface area contributed by atoms with Gasteiger partial charge in [-0.1, -0.05) is 18.2 Å². The van der Waals surface area contributed by atoms with Gasteiger partial charge in [-0.25, -0.2) is 4.39 Å². The van der Waals surface area contributed by atoms with E-state index in [9.17, 15) is 14.3 Å². The summed E-state index contributed by atoms with van der Waals surface area (Å²) in [5.74, 6) is -0.294. The molecule has 0 radical (unpaired) electrons. The van der Waals surface area contributed by atoms with Crippen molar-refractivity contribution in [2.45, 2.75) is 12.6 Å². The third-order valence-corrected chi connectivity index (χ3v) is 5.46. The van der Waals surface area contributed by atoms with Gasteiger partial charge in [-0.15, -0.1) is 0 Å². The van der Waals surface area contributed by atoms with Crippen LogP contribution in [-0.4, -0.2) is 60.1 Å². The molecular weight excluding hydrogens is 345 g/mol. The topological polar surface area (TPSA) is 47.0 Å². The number of carbonyl (C=O) groups excluding carboxylic acids is 1. The standard InChI is InChI=1S/C21H24FN3O2/c22-16-6-8-17(9-7-16)24-14-12-23(13-15-24)10-3-11-25-20(26)18-4-1-2-5-19(18)21(25)27/h1-2,4-9,20,26H,3,10-15H2. The van der Waals surface area contributed by atoms with E-state index in [1.54, 1.807) is 11.0 Å². The van der Waals surface area contributed by atoms with E-state index in [4.69, 9.17) is 0 Å². The van der Waals surface area contributed by atoms with Crippen LogP contribution in [0.15, 0.2) is 48.5 Å². The average molecular weight is 369 g/mol. The molecule has 0 aliphatic carbocycles. The van der Waals surface area contributed by atoms with Crippen molar-refractivity contribution in [1.82, 2.24) is 9.80 Å². The first-order valence-corrected chi connectivity index (χ1v) is 9.44. The van der Waals surface area contributed by atoms with Crippen LogP contribution in [0.25, 0.3) is 0 Å². The second kappa shape index (κ2) is 7.66. The summed E-state index contributed by atoms with van der Waals surface area (Å²) >= 11 is 0. The van der Waals surface area contributed by atoms with Gasteiger partial charge in [0.15, 0.2) is 6.23 Å². The first kappa shape index (κ1) is 17.9. The van der Waals surface area contributed by atoms with E-state index < -0.39 is 6.23 Å². The van der Waals surface area contributed by atoms with Gasteiger partial charge in [0.05, 0.1) is 0 Å². The molecule has 2 aliphatic heterocycles. The Morgan fingerprint density at radius 1 is 0.963 bits per heavy atom. The smallest absolute Gasteiger partial charge is 0.256 e. The number of piperazine rings is 1. The Morgan fingerprint density at radius 3 is 2.37 bits per heavy atom. The molecule has 1 fully saturated rings. The number of fused-ring (bicyclic) bond motifs is 1. The number of hydrogen-bond donors (Lipinski definition) is 1. The molecule has 6 heteroatoms. The number of nitrogens with zero attached hydrogens (tertiary/aromatic N) is 3. The van der Waals surface area contributed by atoms with Crippen LogP contribution >= 0.6 is 0 Å². The molecule has 27 heavy (non-hydrogen) atoms. The van der Waals surface area contributed by atoms with Crippen molar-refractivity contribution in [2.24, 2.45) is 0 Å². The second-order valence-corrected chi connectivity index (χ2v) is 7.12. The minimum Gasteiger partial charge on any atom is -0.369 e. The summed E-state index contributed by atoms with van der Waals surface area (Å²) in [6.45, 7) is 5.13. The van der Waals surface area contributed by atoms with Crippen LogP contribution in [0, 0.1) is 5.82 Å². The van der Waals surface area contributed by atoms with Crippen LogP contribution in [0.2, 0.25) is 0 Å². The average Bonchev–Trinajstić information content (AvgIpc) is 2.94. The fourth-order valence-corrected chi connectivity index (χ4v) is 3.92. The first-order valence-electron chi connectivity index (χ1n) is 9.44. The fourth-order valence-electron chi connectivity index (χ4n) is 3.92. The lowest BCUT2D eigenvalue weighted by molar-refractivity contribution is 0.0160. The van der Waals surface area contributed by atoms with E-state index in [1.165, 1.54) is 12.1 Å². The van der Waals surface area contributed by atoms with Gasteiger partial charge in [-0.3, -0.25) is 9.69 Å². The Hall–Kier alpha value is -2.44. The number of carbonyl (C=O) groups is 1. The zero-order chi connectivity index (χ0) is 18.8. The predicted molar refractivity (Wildman–Crippen MR) is 102 cm³/mol. The third kappa shape index (κ3) is 3.68. The zero-order valence-electron chi connectivity index (χ0n) is 15.2. The van der Waals surface area contributed by atoms with E-state index in [2.05, 4.69) is 9.80 Å². The quantitative estimate of drug-likeness (QED) is 0.880. The van der Waals surface area contributed by atoms with E-state index in [1.807, 2.05) is 30.3 Å². The third-order valence-electron chi connectivity index (χ3n) is 5.46. The van der Waals surface area contributed by atoms with Crippen LogP contribution in [0.5, 0.6) is 0 Å². The van der Waals surface area contributed by atoms with Crippen LogP contribution < -0.4 is 4.90 Å². The van der Waals surface area contributed by atoms with Crippen molar-refractivity contribution in [3.05, 3.63) is 65.5 Å². The summed E-state index contributed by atoms with van der Waals surface area (Å²) in [5, 5.41) is 10.4. The Kier molecular flexibility index (Phi) is 5.09. The number of anilines is 1. The lowest BCUT2D eigenvalue weighted by Gasteiger charge is -2.36. The fraction of sp³-hybridized carbons (Fsp3) is 0.381. The van der Waals surface area contributed by atoms with Crippen LogP contribution in [0.1, 0.15) is 28.6 Å². The van der Waals surface area contributed by atoms with E-state index >= 15 is 0 Å². The minimum absolute atomic E-state index is 0.0840. The van der Waals surface area contributed by atoms with Crippen LogP contribution in [0.4, 0.5) is 10.1 Å². The SMILES string of the molecule is O=C1c2ccccc2C(O)N1CCCN1CCN(c2ccc(F)cc2)CC1. The highest BCUT2D eigenvalue weighted by molar-refractivity contribution is 5.98. The van der Waals surface area contributed by atoms with Crippen molar-refractivity contribution in [1.29, 1.82) is 0 Å². The normalized spacial score (nSPS) is 20.2. The van der Waals surface area contributed by atoms with Gasteiger partial charge in [0, 0.05) is 49.5 Å².